The second-order valence-electron chi connectivity index (χ2n) is 7.02. The van der Waals surface area contributed by atoms with Gasteiger partial charge in [0.05, 0.1) is 24.2 Å². The Labute approximate surface area is 181 Å². The van der Waals surface area contributed by atoms with E-state index in [9.17, 15) is 14.4 Å². The van der Waals surface area contributed by atoms with Crippen LogP contribution in [0, 0.1) is 5.92 Å². The third-order valence-electron chi connectivity index (χ3n) is 4.43. The minimum Gasteiger partial charge on any atom is -0.497 e. The van der Waals surface area contributed by atoms with E-state index >= 15 is 0 Å². The van der Waals surface area contributed by atoms with E-state index in [1.165, 1.54) is 0 Å². The average Bonchev–Trinajstić information content (AvgIpc) is 2.74. The smallest absolute Gasteiger partial charge is 0.253 e. The number of carbonyl (C=O) groups excluding carboxylic acids is 3. The Bertz CT molecular complexity index is 884. The van der Waals surface area contributed by atoms with Gasteiger partial charge in [0.2, 0.25) is 11.8 Å². The van der Waals surface area contributed by atoms with Crippen molar-refractivity contribution < 1.29 is 19.1 Å². The maximum absolute atomic E-state index is 12.5. The summed E-state index contributed by atoms with van der Waals surface area (Å²) in [6.45, 7) is 3.75. The highest BCUT2D eigenvalue weighted by atomic mass is 35.5. The lowest BCUT2D eigenvalue weighted by Crippen LogP contribution is -2.51. The predicted octanol–water partition coefficient (Wildman–Crippen LogP) is 2.54. The lowest BCUT2D eigenvalue weighted by atomic mass is 10.0. The number of carbonyl (C=O) groups is 3. The zero-order valence-corrected chi connectivity index (χ0v) is 18.0. The molecule has 2 aromatic carbocycles. The number of hydrogen-bond donors (Lipinski definition) is 3. The molecule has 3 N–H and O–H groups in total. The Hall–Kier alpha value is -3.06. The van der Waals surface area contributed by atoms with Crippen LogP contribution in [-0.2, 0) is 16.1 Å². The highest BCUT2D eigenvalue weighted by molar-refractivity contribution is 6.33. The third-order valence-corrected chi connectivity index (χ3v) is 4.76. The molecular formula is C22H26ClN3O4. The number of benzene rings is 2. The molecule has 0 bridgehead atoms. The molecule has 0 fully saturated rings. The number of methoxy groups -OCH3 is 1. The average molecular weight is 432 g/mol. The summed E-state index contributed by atoms with van der Waals surface area (Å²) in [5.74, 6) is -0.669. The van der Waals surface area contributed by atoms with Crippen molar-refractivity contribution in [1.82, 2.24) is 16.0 Å². The van der Waals surface area contributed by atoms with Crippen molar-refractivity contribution in [2.75, 3.05) is 13.7 Å². The van der Waals surface area contributed by atoms with E-state index in [-0.39, 0.29) is 23.9 Å². The lowest BCUT2D eigenvalue weighted by molar-refractivity contribution is -0.127. The van der Waals surface area contributed by atoms with Crippen molar-refractivity contribution in [3.05, 3.63) is 64.7 Å². The first-order valence-electron chi connectivity index (χ1n) is 9.54. The molecule has 0 spiro atoms. The first-order valence-corrected chi connectivity index (χ1v) is 9.92. The summed E-state index contributed by atoms with van der Waals surface area (Å²) >= 11 is 6.05. The first-order chi connectivity index (χ1) is 14.3. The molecule has 0 aliphatic rings. The molecular weight excluding hydrogens is 406 g/mol. The lowest BCUT2D eigenvalue weighted by Gasteiger charge is -2.22. The van der Waals surface area contributed by atoms with Gasteiger partial charge in [0, 0.05) is 6.54 Å². The Balaban J connectivity index is 1.86. The summed E-state index contributed by atoms with van der Waals surface area (Å²) in [4.78, 5) is 37.1. The third kappa shape index (κ3) is 6.77. The molecule has 0 radical (unpaired) electrons. The molecule has 0 aliphatic heterocycles. The maximum Gasteiger partial charge on any atom is 0.253 e. The molecule has 0 heterocycles. The first kappa shape index (κ1) is 23.2. The van der Waals surface area contributed by atoms with Crippen LogP contribution in [0.25, 0.3) is 0 Å². The van der Waals surface area contributed by atoms with Crippen molar-refractivity contribution in [3.8, 4) is 5.75 Å². The van der Waals surface area contributed by atoms with Crippen LogP contribution in [0.1, 0.15) is 29.8 Å². The fourth-order valence-corrected chi connectivity index (χ4v) is 2.90. The molecule has 8 heteroatoms. The van der Waals surface area contributed by atoms with Crippen LogP contribution in [0.4, 0.5) is 0 Å². The van der Waals surface area contributed by atoms with Crippen molar-refractivity contribution in [1.29, 1.82) is 0 Å². The van der Waals surface area contributed by atoms with Gasteiger partial charge in [-0.1, -0.05) is 49.7 Å². The van der Waals surface area contributed by atoms with Crippen LogP contribution in [0.15, 0.2) is 48.5 Å². The van der Waals surface area contributed by atoms with E-state index in [4.69, 9.17) is 16.3 Å². The Morgan fingerprint density at radius 2 is 1.67 bits per heavy atom. The van der Waals surface area contributed by atoms with E-state index in [2.05, 4.69) is 16.0 Å². The van der Waals surface area contributed by atoms with Gasteiger partial charge < -0.3 is 20.7 Å². The highest BCUT2D eigenvalue weighted by Gasteiger charge is 2.25. The minimum atomic E-state index is -0.803. The van der Waals surface area contributed by atoms with Gasteiger partial charge in [-0.2, -0.15) is 0 Å². The van der Waals surface area contributed by atoms with Gasteiger partial charge in [-0.05, 0) is 35.7 Å². The molecule has 0 saturated heterocycles. The van der Waals surface area contributed by atoms with Crippen LogP contribution >= 0.6 is 11.6 Å². The summed E-state index contributed by atoms with van der Waals surface area (Å²) in [5.41, 5.74) is 1.19. The molecule has 7 nitrogen and oxygen atoms in total. The van der Waals surface area contributed by atoms with Gasteiger partial charge in [0.1, 0.15) is 11.8 Å². The highest BCUT2D eigenvalue weighted by Crippen LogP contribution is 2.15. The number of amides is 3. The maximum atomic E-state index is 12.5. The monoisotopic (exact) mass is 431 g/mol. The molecule has 160 valence electrons. The van der Waals surface area contributed by atoms with Crippen LogP contribution < -0.4 is 20.7 Å². The summed E-state index contributed by atoms with van der Waals surface area (Å²) in [7, 11) is 1.58. The summed E-state index contributed by atoms with van der Waals surface area (Å²) < 4.78 is 5.09. The van der Waals surface area contributed by atoms with Gasteiger partial charge in [-0.25, -0.2) is 0 Å². The van der Waals surface area contributed by atoms with E-state index in [0.29, 0.717) is 11.6 Å². The number of halogens is 1. The van der Waals surface area contributed by atoms with Crippen molar-refractivity contribution in [2.45, 2.75) is 26.4 Å². The van der Waals surface area contributed by atoms with E-state index in [1.54, 1.807) is 57.4 Å². The number of nitrogens with one attached hydrogen (secondary N) is 3. The quantitative estimate of drug-likeness (QED) is 0.568. The van der Waals surface area contributed by atoms with Crippen LogP contribution in [0.3, 0.4) is 0 Å². The second kappa shape index (κ2) is 11.2. The van der Waals surface area contributed by atoms with E-state index in [0.717, 1.165) is 11.3 Å². The van der Waals surface area contributed by atoms with Gasteiger partial charge >= 0.3 is 0 Å². The molecule has 30 heavy (non-hydrogen) atoms. The Morgan fingerprint density at radius 1 is 1.00 bits per heavy atom. The van der Waals surface area contributed by atoms with Crippen molar-refractivity contribution in [2.24, 2.45) is 5.92 Å². The molecule has 2 aromatic rings. The predicted molar refractivity (Wildman–Crippen MR) is 115 cm³/mol. The molecule has 2 rings (SSSR count). The molecule has 0 aromatic heterocycles. The minimum absolute atomic E-state index is 0.182. The zero-order valence-electron chi connectivity index (χ0n) is 17.2. The summed E-state index contributed by atoms with van der Waals surface area (Å²) in [6, 6.07) is 13.1. The molecule has 0 aliphatic carbocycles. The number of rotatable bonds is 9. The standard InChI is InChI=1S/C22H26ClN3O4/c1-14(2)20(26-21(28)17-6-4-5-7-18(17)23)22(29)25-13-19(27)24-12-15-8-10-16(30-3)11-9-15/h4-11,14,20H,12-13H2,1-3H3,(H,24,27)(H,25,29)(H,26,28). The topological polar surface area (TPSA) is 96.5 Å². The van der Waals surface area contributed by atoms with Crippen molar-refractivity contribution >= 4 is 29.3 Å². The molecule has 0 saturated carbocycles. The van der Waals surface area contributed by atoms with Gasteiger partial charge in [0.15, 0.2) is 0 Å². The summed E-state index contributed by atoms with van der Waals surface area (Å²) in [6.07, 6.45) is 0. The molecule has 1 unspecified atom stereocenters. The molecule has 1 atom stereocenters. The van der Waals surface area contributed by atoms with Gasteiger partial charge in [-0.3, -0.25) is 14.4 Å². The van der Waals surface area contributed by atoms with Gasteiger partial charge in [0.25, 0.3) is 5.91 Å². The SMILES string of the molecule is COc1ccc(CNC(=O)CNC(=O)C(NC(=O)c2ccccc2Cl)C(C)C)cc1. The van der Waals surface area contributed by atoms with Crippen LogP contribution in [0.5, 0.6) is 5.75 Å². The number of hydrogen-bond acceptors (Lipinski definition) is 4. The fraction of sp³-hybridized carbons (Fsp3) is 0.318. The second-order valence-corrected chi connectivity index (χ2v) is 7.42. The van der Waals surface area contributed by atoms with E-state index < -0.39 is 17.9 Å². The van der Waals surface area contributed by atoms with Gasteiger partial charge in [-0.15, -0.1) is 0 Å². The largest absolute Gasteiger partial charge is 0.497 e. The normalized spacial score (nSPS) is 11.5. The summed E-state index contributed by atoms with van der Waals surface area (Å²) in [5, 5.41) is 8.29. The Morgan fingerprint density at radius 3 is 2.27 bits per heavy atom. The van der Waals surface area contributed by atoms with Crippen LogP contribution in [0.2, 0.25) is 5.02 Å². The molecule has 3 amide bonds. The van der Waals surface area contributed by atoms with Crippen LogP contribution in [-0.4, -0.2) is 37.4 Å². The zero-order chi connectivity index (χ0) is 22.1. The number of ether oxygens (including phenoxy) is 1. The Kier molecular flexibility index (Phi) is 8.68. The van der Waals surface area contributed by atoms with Crippen molar-refractivity contribution in [3.63, 3.8) is 0 Å². The fourth-order valence-electron chi connectivity index (χ4n) is 2.68. The van der Waals surface area contributed by atoms with E-state index in [1.807, 2.05) is 12.1 Å².